The first-order valence-electron chi connectivity index (χ1n) is 12.9. The maximum Gasteiger partial charge on any atom is 0.435 e. The molecule has 0 unspecified atom stereocenters. The van der Waals surface area contributed by atoms with Crippen molar-refractivity contribution in [2.45, 2.75) is 44.9 Å². The summed E-state index contributed by atoms with van der Waals surface area (Å²) in [6.45, 7) is 2.13. The van der Waals surface area contributed by atoms with Gasteiger partial charge in [0.1, 0.15) is 6.10 Å². The second kappa shape index (κ2) is 11.1. The van der Waals surface area contributed by atoms with Gasteiger partial charge in [0.05, 0.1) is 18.2 Å². The number of fused-ring (bicyclic) bond motifs is 1. The zero-order valence-corrected chi connectivity index (χ0v) is 21.9. The second-order valence-electron chi connectivity index (χ2n) is 9.57. The van der Waals surface area contributed by atoms with Gasteiger partial charge in [-0.25, -0.2) is 4.68 Å². The molecule has 1 aromatic heterocycles. The van der Waals surface area contributed by atoms with Gasteiger partial charge in [0.25, 0.3) is 5.91 Å². The van der Waals surface area contributed by atoms with E-state index >= 15 is 0 Å². The lowest BCUT2D eigenvalue weighted by Crippen LogP contribution is -2.29. The Morgan fingerprint density at radius 3 is 2.52 bits per heavy atom. The van der Waals surface area contributed by atoms with Gasteiger partial charge in [0.15, 0.2) is 17.2 Å². The van der Waals surface area contributed by atoms with Crippen LogP contribution in [0.15, 0.2) is 48.5 Å². The number of rotatable bonds is 7. The van der Waals surface area contributed by atoms with Gasteiger partial charge in [-0.3, -0.25) is 9.59 Å². The van der Waals surface area contributed by atoms with Crippen LogP contribution in [-0.4, -0.2) is 48.2 Å². The monoisotopic (exact) mass is 559 g/mol. The minimum atomic E-state index is -4.70. The third kappa shape index (κ3) is 5.70. The first-order valence-corrected chi connectivity index (χ1v) is 12.9. The van der Waals surface area contributed by atoms with Crippen LogP contribution in [0.2, 0.25) is 0 Å². The van der Waals surface area contributed by atoms with Crippen molar-refractivity contribution in [1.82, 2.24) is 9.78 Å². The molecule has 1 saturated carbocycles. The number of carbonyl (C=O) groups excluding carboxylic acids is 2. The molecule has 0 bridgehead atoms. The largest absolute Gasteiger partial charge is 0.474 e. The van der Waals surface area contributed by atoms with Gasteiger partial charge < -0.3 is 23.8 Å². The lowest BCUT2D eigenvalue weighted by molar-refractivity contribution is -0.149. The van der Waals surface area contributed by atoms with E-state index < -0.39 is 18.0 Å². The molecule has 9 nitrogen and oxygen atoms in total. The molecular formula is C28H28F3N3O6. The highest BCUT2D eigenvalue weighted by atomic mass is 19.4. The van der Waals surface area contributed by atoms with Crippen molar-refractivity contribution in [2.75, 3.05) is 25.3 Å². The summed E-state index contributed by atoms with van der Waals surface area (Å²) in [6.07, 6.45) is -3.11. The number of aromatic nitrogens is 2. The van der Waals surface area contributed by atoms with E-state index in [1.165, 1.54) is 11.0 Å². The lowest BCUT2D eigenvalue weighted by Gasteiger charge is -2.27. The van der Waals surface area contributed by atoms with E-state index in [0.717, 1.165) is 10.7 Å². The molecule has 2 heterocycles. The van der Waals surface area contributed by atoms with E-state index in [0.29, 0.717) is 49.5 Å². The van der Waals surface area contributed by atoms with E-state index in [2.05, 4.69) is 5.10 Å². The molecule has 1 aliphatic carbocycles. The quantitative estimate of drug-likeness (QED) is 0.358. The molecule has 1 amide bonds. The molecule has 3 aromatic rings. The predicted molar refractivity (Wildman–Crippen MR) is 137 cm³/mol. The standard InChI is InChI=1S/C28H28F3N3O6/c1-3-37-27(36)17-7-10-21(11-8-17)40-25-15-24(28(29,30)31)32-34(25)20-6-4-5-18(13-20)26(35)33(2)19-9-12-22-23(14-19)39-16-38-22/h4-6,9,12-15,17,21H,3,7-8,10-11,16H2,1-2H3/t17-,21+. The number of carbonyl (C=O) groups is 2. The topological polar surface area (TPSA) is 92.1 Å². The van der Waals surface area contributed by atoms with Gasteiger partial charge in [-0.2, -0.15) is 18.3 Å². The third-order valence-corrected chi connectivity index (χ3v) is 6.93. The van der Waals surface area contributed by atoms with E-state index in [9.17, 15) is 22.8 Å². The van der Waals surface area contributed by atoms with E-state index in [1.807, 2.05) is 0 Å². The summed E-state index contributed by atoms with van der Waals surface area (Å²) in [4.78, 5) is 26.8. The number of ether oxygens (including phenoxy) is 4. The molecule has 0 N–H and O–H groups in total. The highest BCUT2D eigenvalue weighted by Crippen LogP contribution is 2.37. The molecule has 12 heteroatoms. The Bertz CT molecular complexity index is 1400. The second-order valence-corrected chi connectivity index (χ2v) is 9.57. The molecule has 40 heavy (non-hydrogen) atoms. The number of benzene rings is 2. The molecule has 2 aromatic carbocycles. The number of amides is 1. The fourth-order valence-corrected chi connectivity index (χ4v) is 4.79. The van der Waals surface area contributed by atoms with Crippen LogP contribution in [0.5, 0.6) is 17.4 Å². The van der Waals surface area contributed by atoms with Crippen LogP contribution >= 0.6 is 0 Å². The number of hydrogen-bond donors (Lipinski definition) is 0. The summed E-state index contributed by atoms with van der Waals surface area (Å²) in [6, 6.07) is 12.1. The van der Waals surface area contributed by atoms with Crippen LogP contribution in [0.25, 0.3) is 5.69 Å². The number of nitrogens with zero attached hydrogens (tertiary/aromatic N) is 3. The Kier molecular flexibility index (Phi) is 7.59. The van der Waals surface area contributed by atoms with Crippen molar-refractivity contribution in [2.24, 2.45) is 5.92 Å². The smallest absolute Gasteiger partial charge is 0.435 e. The van der Waals surface area contributed by atoms with E-state index in [4.69, 9.17) is 18.9 Å². The van der Waals surface area contributed by atoms with Gasteiger partial charge in [0, 0.05) is 30.4 Å². The fraction of sp³-hybridized carbons (Fsp3) is 0.393. The van der Waals surface area contributed by atoms with Crippen LogP contribution < -0.4 is 19.1 Å². The number of alkyl halides is 3. The van der Waals surface area contributed by atoms with Crippen LogP contribution in [-0.2, 0) is 15.7 Å². The van der Waals surface area contributed by atoms with Crippen molar-refractivity contribution in [3.63, 3.8) is 0 Å². The number of anilines is 1. The molecule has 2 aliphatic rings. The molecule has 212 valence electrons. The maximum atomic E-state index is 13.6. The summed E-state index contributed by atoms with van der Waals surface area (Å²) in [5, 5.41) is 3.76. The van der Waals surface area contributed by atoms with Crippen molar-refractivity contribution in [3.8, 4) is 23.1 Å². The molecule has 1 fully saturated rings. The molecule has 0 spiro atoms. The minimum absolute atomic E-state index is 0.0966. The number of halogens is 3. The van der Waals surface area contributed by atoms with Crippen LogP contribution in [0.1, 0.15) is 48.7 Å². The molecule has 0 saturated heterocycles. The molecular weight excluding hydrogens is 531 g/mol. The van der Waals surface area contributed by atoms with Gasteiger partial charge in [-0.1, -0.05) is 6.07 Å². The lowest BCUT2D eigenvalue weighted by atomic mass is 9.87. The van der Waals surface area contributed by atoms with Crippen LogP contribution in [0, 0.1) is 5.92 Å². The van der Waals surface area contributed by atoms with Crippen molar-refractivity contribution < 1.29 is 41.7 Å². The predicted octanol–water partition coefficient (Wildman–Crippen LogP) is 5.40. The Morgan fingerprint density at radius 2 is 1.80 bits per heavy atom. The third-order valence-electron chi connectivity index (χ3n) is 6.93. The first-order chi connectivity index (χ1) is 19.1. The summed E-state index contributed by atoms with van der Waals surface area (Å²) in [7, 11) is 1.59. The minimum Gasteiger partial charge on any atom is -0.474 e. The maximum absolute atomic E-state index is 13.6. The average Bonchev–Trinajstić information content (AvgIpc) is 3.60. The first kappa shape index (κ1) is 27.4. The average molecular weight is 560 g/mol. The van der Waals surface area contributed by atoms with Gasteiger partial charge in [-0.05, 0) is 62.9 Å². The number of hydrogen-bond acceptors (Lipinski definition) is 7. The van der Waals surface area contributed by atoms with Crippen molar-refractivity contribution in [1.29, 1.82) is 0 Å². The normalized spacial score (nSPS) is 18.3. The zero-order valence-electron chi connectivity index (χ0n) is 21.9. The Balaban J connectivity index is 1.37. The highest BCUT2D eigenvalue weighted by molar-refractivity contribution is 6.06. The Labute approximate surface area is 228 Å². The number of esters is 1. The summed E-state index contributed by atoms with van der Waals surface area (Å²) < 4.78 is 63.7. The molecule has 1 aliphatic heterocycles. The zero-order chi connectivity index (χ0) is 28.4. The summed E-state index contributed by atoms with van der Waals surface area (Å²) in [5.41, 5.74) is -0.0873. The summed E-state index contributed by atoms with van der Waals surface area (Å²) in [5.74, 6) is 0.0922. The van der Waals surface area contributed by atoms with Gasteiger partial charge in [-0.15, -0.1) is 0 Å². The molecule has 0 atom stereocenters. The van der Waals surface area contributed by atoms with Crippen molar-refractivity contribution >= 4 is 17.6 Å². The summed E-state index contributed by atoms with van der Waals surface area (Å²) >= 11 is 0. The molecule has 5 rings (SSSR count). The Hall–Kier alpha value is -4.22. The van der Waals surface area contributed by atoms with E-state index in [1.54, 1.807) is 50.4 Å². The van der Waals surface area contributed by atoms with Crippen molar-refractivity contribution in [3.05, 3.63) is 59.8 Å². The van der Waals surface area contributed by atoms with Gasteiger partial charge in [0.2, 0.25) is 12.7 Å². The Morgan fingerprint density at radius 1 is 1.05 bits per heavy atom. The van der Waals surface area contributed by atoms with Crippen LogP contribution in [0.4, 0.5) is 18.9 Å². The molecule has 0 radical (unpaired) electrons. The van der Waals surface area contributed by atoms with E-state index in [-0.39, 0.29) is 41.7 Å². The fourth-order valence-electron chi connectivity index (χ4n) is 4.79. The van der Waals surface area contributed by atoms with Crippen LogP contribution in [0.3, 0.4) is 0 Å². The van der Waals surface area contributed by atoms with Gasteiger partial charge >= 0.3 is 12.1 Å². The highest BCUT2D eigenvalue weighted by Gasteiger charge is 2.37. The SMILES string of the molecule is CCOC(=O)[C@H]1CC[C@@H](Oc2cc(C(F)(F)F)nn2-c2cccc(C(=O)N(C)c3ccc4c(c3)OCO4)c2)CC1.